The molecule has 0 spiro atoms. The summed E-state index contributed by atoms with van der Waals surface area (Å²) in [4.78, 5) is 11.4. The van der Waals surface area contributed by atoms with Crippen LogP contribution in [0, 0.1) is 0 Å². The largest absolute Gasteiger partial charge is 0.496 e. The molecule has 1 rings (SSSR count). The van der Waals surface area contributed by atoms with E-state index in [1.165, 1.54) is 0 Å². The van der Waals surface area contributed by atoms with Crippen LogP contribution in [0.2, 0.25) is 0 Å². The summed E-state index contributed by atoms with van der Waals surface area (Å²) >= 11 is 3.32. The molecule has 0 aliphatic rings. The Morgan fingerprint density at radius 3 is 2.86 bits per heavy atom. The van der Waals surface area contributed by atoms with Crippen LogP contribution in [-0.4, -0.2) is 19.6 Å². The fourth-order valence-corrected chi connectivity index (χ4v) is 1.47. The molecule has 1 amide bonds. The van der Waals surface area contributed by atoms with Crippen molar-refractivity contribution < 1.29 is 9.53 Å². The number of carbonyl (C=O) groups is 1. The highest BCUT2D eigenvalue weighted by Gasteiger charge is 2.07. The zero-order chi connectivity index (χ0) is 10.6. The van der Waals surface area contributed by atoms with Crippen molar-refractivity contribution in [3.05, 3.63) is 28.2 Å². The van der Waals surface area contributed by atoms with E-state index in [1.54, 1.807) is 25.3 Å². The summed E-state index contributed by atoms with van der Waals surface area (Å²) < 4.78 is 5.93. The number of methoxy groups -OCH3 is 1. The molecule has 0 radical (unpaired) electrons. The minimum Gasteiger partial charge on any atom is -0.496 e. The normalized spacial score (nSPS) is 9.64. The van der Waals surface area contributed by atoms with Crippen molar-refractivity contribution in [3.63, 3.8) is 0 Å². The fourth-order valence-electron chi connectivity index (χ4n) is 1.06. The Bertz CT molecular complexity index is 339. The van der Waals surface area contributed by atoms with E-state index in [4.69, 9.17) is 4.74 Å². The summed E-state index contributed by atoms with van der Waals surface area (Å²) in [5, 5.41) is 2.72. The van der Waals surface area contributed by atoms with Gasteiger partial charge in [-0.3, -0.25) is 4.79 Å². The topological polar surface area (TPSA) is 38.3 Å². The van der Waals surface area contributed by atoms with Crippen molar-refractivity contribution in [3.8, 4) is 5.75 Å². The lowest BCUT2D eigenvalue weighted by atomic mass is 10.2. The first kappa shape index (κ1) is 11.0. The SMILES string of the molecule is CCNC(=O)c1ccc(Br)c(OC)c1. The average Bonchev–Trinajstić information content (AvgIpc) is 2.19. The first-order valence-electron chi connectivity index (χ1n) is 4.30. The number of halogens is 1. The molecule has 0 saturated carbocycles. The smallest absolute Gasteiger partial charge is 0.251 e. The number of nitrogens with one attached hydrogen (secondary N) is 1. The predicted octanol–water partition coefficient (Wildman–Crippen LogP) is 2.21. The van der Waals surface area contributed by atoms with Gasteiger partial charge in [0.1, 0.15) is 5.75 Å². The van der Waals surface area contributed by atoms with Crippen molar-refractivity contribution in [1.82, 2.24) is 5.32 Å². The van der Waals surface area contributed by atoms with E-state index in [0.717, 1.165) is 4.47 Å². The Morgan fingerprint density at radius 1 is 1.57 bits per heavy atom. The highest BCUT2D eigenvalue weighted by Crippen LogP contribution is 2.25. The van der Waals surface area contributed by atoms with E-state index >= 15 is 0 Å². The number of amides is 1. The Labute approximate surface area is 91.6 Å². The van der Waals surface area contributed by atoms with Gasteiger partial charge < -0.3 is 10.1 Å². The van der Waals surface area contributed by atoms with E-state index in [-0.39, 0.29) is 5.91 Å². The molecule has 1 aromatic carbocycles. The van der Waals surface area contributed by atoms with Crippen LogP contribution in [0.3, 0.4) is 0 Å². The van der Waals surface area contributed by atoms with E-state index < -0.39 is 0 Å². The quantitative estimate of drug-likeness (QED) is 0.902. The second kappa shape index (κ2) is 5.00. The maximum atomic E-state index is 11.4. The van der Waals surface area contributed by atoms with Gasteiger partial charge in [-0.25, -0.2) is 0 Å². The van der Waals surface area contributed by atoms with E-state index in [2.05, 4.69) is 21.2 Å². The minimum atomic E-state index is -0.0849. The molecule has 0 fully saturated rings. The maximum Gasteiger partial charge on any atom is 0.251 e. The number of rotatable bonds is 3. The van der Waals surface area contributed by atoms with Crippen molar-refractivity contribution in [1.29, 1.82) is 0 Å². The van der Waals surface area contributed by atoms with Crippen molar-refractivity contribution in [2.24, 2.45) is 0 Å². The molecule has 0 aliphatic heterocycles. The highest BCUT2D eigenvalue weighted by atomic mass is 79.9. The van der Waals surface area contributed by atoms with Gasteiger partial charge in [-0.2, -0.15) is 0 Å². The van der Waals surface area contributed by atoms with Crippen LogP contribution >= 0.6 is 15.9 Å². The van der Waals surface area contributed by atoms with Crippen LogP contribution in [0.15, 0.2) is 22.7 Å². The molecule has 0 saturated heterocycles. The van der Waals surface area contributed by atoms with Gasteiger partial charge in [-0.15, -0.1) is 0 Å². The Hall–Kier alpha value is -1.03. The van der Waals surface area contributed by atoms with Crippen LogP contribution in [-0.2, 0) is 0 Å². The van der Waals surface area contributed by atoms with E-state index in [9.17, 15) is 4.79 Å². The van der Waals surface area contributed by atoms with Crippen molar-refractivity contribution >= 4 is 21.8 Å². The number of hydrogen-bond acceptors (Lipinski definition) is 2. The molecule has 76 valence electrons. The maximum absolute atomic E-state index is 11.4. The van der Waals surface area contributed by atoms with Gasteiger partial charge >= 0.3 is 0 Å². The Balaban J connectivity index is 2.94. The third-order valence-corrected chi connectivity index (χ3v) is 2.41. The Morgan fingerprint density at radius 2 is 2.29 bits per heavy atom. The van der Waals surface area contributed by atoms with Gasteiger partial charge in [-0.1, -0.05) is 0 Å². The molecular weight excluding hydrogens is 246 g/mol. The second-order valence-corrected chi connectivity index (χ2v) is 3.56. The van der Waals surface area contributed by atoms with Crippen molar-refractivity contribution in [2.45, 2.75) is 6.92 Å². The van der Waals surface area contributed by atoms with Crippen LogP contribution in [0.5, 0.6) is 5.75 Å². The summed E-state index contributed by atoms with van der Waals surface area (Å²) in [5.41, 5.74) is 0.604. The summed E-state index contributed by atoms with van der Waals surface area (Å²) in [6.07, 6.45) is 0. The number of carbonyl (C=O) groups excluding carboxylic acids is 1. The number of hydrogen-bond donors (Lipinski definition) is 1. The zero-order valence-electron chi connectivity index (χ0n) is 8.13. The monoisotopic (exact) mass is 257 g/mol. The minimum absolute atomic E-state index is 0.0849. The summed E-state index contributed by atoms with van der Waals surface area (Å²) in [5.74, 6) is 0.576. The Kier molecular flexibility index (Phi) is 3.95. The fraction of sp³-hybridized carbons (Fsp3) is 0.300. The molecule has 0 atom stereocenters. The summed E-state index contributed by atoms with van der Waals surface area (Å²) in [7, 11) is 1.57. The average molecular weight is 258 g/mol. The molecule has 3 nitrogen and oxygen atoms in total. The molecule has 14 heavy (non-hydrogen) atoms. The highest BCUT2D eigenvalue weighted by molar-refractivity contribution is 9.10. The lowest BCUT2D eigenvalue weighted by Gasteiger charge is -2.06. The number of ether oxygens (including phenoxy) is 1. The van der Waals surface area contributed by atoms with Gasteiger partial charge in [0.05, 0.1) is 11.6 Å². The van der Waals surface area contributed by atoms with Gasteiger partial charge in [0.15, 0.2) is 0 Å². The van der Waals surface area contributed by atoms with Gasteiger partial charge in [-0.05, 0) is 41.1 Å². The molecule has 0 aliphatic carbocycles. The number of benzene rings is 1. The lowest BCUT2D eigenvalue weighted by molar-refractivity contribution is 0.0955. The van der Waals surface area contributed by atoms with Gasteiger partial charge in [0.25, 0.3) is 5.91 Å². The molecule has 0 unspecified atom stereocenters. The van der Waals surface area contributed by atoms with Gasteiger partial charge in [0.2, 0.25) is 0 Å². The second-order valence-electron chi connectivity index (χ2n) is 2.71. The van der Waals surface area contributed by atoms with Crippen LogP contribution in [0.4, 0.5) is 0 Å². The third-order valence-electron chi connectivity index (χ3n) is 1.75. The van der Waals surface area contributed by atoms with Crippen molar-refractivity contribution in [2.75, 3.05) is 13.7 Å². The first-order valence-corrected chi connectivity index (χ1v) is 5.10. The molecule has 0 heterocycles. The predicted molar refractivity (Wildman–Crippen MR) is 58.7 cm³/mol. The molecule has 1 aromatic rings. The molecule has 4 heteroatoms. The lowest BCUT2D eigenvalue weighted by Crippen LogP contribution is -2.22. The summed E-state index contributed by atoms with van der Waals surface area (Å²) in [6.45, 7) is 2.51. The first-order chi connectivity index (χ1) is 6.69. The molecular formula is C10H12BrNO2. The zero-order valence-corrected chi connectivity index (χ0v) is 9.72. The van der Waals surface area contributed by atoms with Gasteiger partial charge in [0, 0.05) is 12.1 Å². The van der Waals surface area contributed by atoms with Crippen LogP contribution < -0.4 is 10.1 Å². The van der Waals surface area contributed by atoms with E-state index in [1.807, 2.05) is 6.92 Å². The third kappa shape index (κ3) is 2.48. The molecule has 1 N–H and O–H groups in total. The van der Waals surface area contributed by atoms with E-state index in [0.29, 0.717) is 17.9 Å². The summed E-state index contributed by atoms with van der Waals surface area (Å²) in [6, 6.07) is 5.25. The van der Waals surface area contributed by atoms with Crippen LogP contribution in [0.1, 0.15) is 17.3 Å². The van der Waals surface area contributed by atoms with Crippen LogP contribution in [0.25, 0.3) is 0 Å². The standard InChI is InChI=1S/C10H12BrNO2/c1-3-12-10(13)7-4-5-8(11)9(6-7)14-2/h4-6H,3H2,1-2H3,(H,12,13). The molecule has 0 aromatic heterocycles. The molecule has 0 bridgehead atoms.